The van der Waals surface area contributed by atoms with E-state index in [1.165, 1.54) is 19.1 Å². The number of aliphatic hydroxyl groups is 1. The largest absolute Gasteiger partial charge is 0.575 e. The van der Waals surface area contributed by atoms with Crippen molar-refractivity contribution in [3.63, 3.8) is 0 Å². The van der Waals surface area contributed by atoms with Crippen LogP contribution in [-0.4, -0.2) is 68.8 Å². The first-order valence-corrected chi connectivity index (χ1v) is 13.3. The Morgan fingerprint density at radius 2 is 1.98 bits per heavy atom. The number of esters is 1. The van der Waals surface area contributed by atoms with Gasteiger partial charge in [-0.25, -0.2) is 14.0 Å². The van der Waals surface area contributed by atoms with E-state index in [9.17, 15) is 29.2 Å². The second-order valence-electron chi connectivity index (χ2n) is 9.04. The summed E-state index contributed by atoms with van der Waals surface area (Å²) in [6.07, 6.45) is -2.82. The fourth-order valence-corrected chi connectivity index (χ4v) is 4.49. The minimum Gasteiger partial charge on any atom is -0.575 e. The van der Waals surface area contributed by atoms with Gasteiger partial charge in [-0.2, -0.15) is 0 Å². The number of alkyl halides is 1. The van der Waals surface area contributed by atoms with Crippen LogP contribution in [0.15, 0.2) is 50.9 Å². The van der Waals surface area contributed by atoms with Crippen LogP contribution in [0.4, 0.5) is 4.39 Å². The molecule has 0 radical (unpaired) electrons. The summed E-state index contributed by atoms with van der Waals surface area (Å²) >= 11 is 0. The number of benzene rings is 1. The number of carboxylic acids is 1. The van der Waals surface area contributed by atoms with Crippen LogP contribution in [0.3, 0.4) is 0 Å². The van der Waals surface area contributed by atoms with Gasteiger partial charge in [0, 0.05) is 18.7 Å². The van der Waals surface area contributed by atoms with Crippen molar-refractivity contribution in [2.75, 3.05) is 13.2 Å². The quantitative estimate of drug-likeness (QED) is 0.172. The van der Waals surface area contributed by atoms with Gasteiger partial charge in [-0.05, 0) is 38.8 Å². The number of carbonyl (C=O) groups is 2. The number of nitrogens with zero attached hydrogens (tertiary/aromatic N) is 2. The molecule has 218 valence electrons. The summed E-state index contributed by atoms with van der Waals surface area (Å²) in [5.41, 5.74) is -4.02. The number of hydrogen-bond acceptors (Lipinski definition) is 11. The van der Waals surface area contributed by atoms with Crippen LogP contribution in [-0.2, 0) is 19.1 Å². The van der Waals surface area contributed by atoms with Crippen molar-refractivity contribution in [1.29, 1.82) is 0 Å². The minimum atomic E-state index is -2.76. The monoisotopic (exact) mass is 585 g/mol. The lowest BCUT2D eigenvalue weighted by atomic mass is 9.98. The Morgan fingerprint density at radius 1 is 1.27 bits per heavy atom. The molecule has 1 aromatic heterocycles. The van der Waals surface area contributed by atoms with Gasteiger partial charge in [0.25, 0.3) is 5.56 Å². The van der Waals surface area contributed by atoms with Gasteiger partial charge in [-0.1, -0.05) is 16.9 Å². The highest BCUT2D eigenvalue weighted by Crippen LogP contribution is 2.41. The topological polar surface area (TPSA) is 202 Å². The number of nitrogens with one attached hydrogen (secondary N) is 1. The Balaban J connectivity index is 1.60. The maximum absolute atomic E-state index is 15.4. The molecule has 40 heavy (non-hydrogen) atoms. The van der Waals surface area contributed by atoms with Gasteiger partial charge >= 0.3 is 25.8 Å². The number of ether oxygens (including phenoxy) is 3. The number of hydrogen-bond donors (Lipinski definition) is 3. The summed E-state index contributed by atoms with van der Waals surface area (Å²) in [6, 6.07) is 5.88. The highest BCUT2D eigenvalue weighted by atomic mass is 31.1. The molecule has 1 aliphatic rings. The van der Waals surface area contributed by atoms with Gasteiger partial charge in [-0.15, -0.1) is 0 Å². The Hall–Kier alpha value is -3.65. The van der Waals surface area contributed by atoms with E-state index in [0.717, 1.165) is 23.8 Å². The molecule has 0 bridgehead atoms. The van der Waals surface area contributed by atoms with Gasteiger partial charge in [0.15, 0.2) is 23.7 Å². The third-order valence-corrected chi connectivity index (χ3v) is 6.78. The highest BCUT2D eigenvalue weighted by Gasteiger charge is 2.55. The van der Waals surface area contributed by atoms with Gasteiger partial charge in [0.05, 0.1) is 6.61 Å². The first-order chi connectivity index (χ1) is 18.9. The first kappa shape index (κ1) is 30.9. The molecule has 3 rings (SSSR count). The fourth-order valence-electron chi connectivity index (χ4n) is 3.75. The number of aliphatic carboxylic acids is 1. The molecule has 0 saturated carbocycles. The molecule has 1 aromatic carbocycles. The maximum Gasteiger partial charge on any atom is 0.395 e. The summed E-state index contributed by atoms with van der Waals surface area (Å²) in [5, 5.41) is 19.1. The van der Waals surface area contributed by atoms with Crippen molar-refractivity contribution < 1.29 is 47.8 Å². The zero-order valence-electron chi connectivity index (χ0n) is 21.6. The molecule has 6 atom stereocenters. The van der Waals surface area contributed by atoms with E-state index in [-0.39, 0.29) is 24.5 Å². The predicted molar refractivity (Wildman–Crippen MR) is 135 cm³/mol. The molecule has 3 N–H and O–H groups in total. The molecule has 1 fully saturated rings. The van der Waals surface area contributed by atoms with Gasteiger partial charge < -0.3 is 29.3 Å². The van der Waals surface area contributed by atoms with Crippen LogP contribution in [0, 0.1) is 0 Å². The number of para-hydroxylation sites is 2. The van der Waals surface area contributed by atoms with E-state index in [1.807, 2.05) is 4.98 Å². The van der Waals surface area contributed by atoms with Crippen LogP contribution >= 0.6 is 8.17 Å². The number of unbranched alkanes of at least 4 members (excludes halogenated alkanes) is 1. The number of aromatic nitrogens is 2. The normalized spacial score (nSPS) is 23.4. The average molecular weight is 585 g/mol. The highest BCUT2D eigenvalue weighted by molar-refractivity contribution is 7.34. The lowest BCUT2D eigenvalue weighted by Gasteiger charge is -2.24. The van der Waals surface area contributed by atoms with E-state index >= 15 is 4.39 Å². The molecular formula is C24H29FN3O11P. The molecule has 2 heterocycles. The molecular weight excluding hydrogens is 556 g/mol. The molecule has 1 aliphatic heterocycles. The Bertz CT molecular complexity index is 1350. The first-order valence-electron chi connectivity index (χ1n) is 12.2. The molecule has 16 heteroatoms. The molecule has 0 amide bonds. The number of carbonyl (C=O) groups excluding carboxylic acids is 1. The zero-order chi connectivity index (χ0) is 29.4. The smallest absolute Gasteiger partial charge is 0.395 e. The second kappa shape index (κ2) is 13.6. The molecule has 1 saturated heterocycles. The van der Waals surface area contributed by atoms with Crippen molar-refractivity contribution in [1.82, 2.24) is 9.55 Å². The van der Waals surface area contributed by atoms with Gasteiger partial charge in [0.1, 0.15) is 18.8 Å². The van der Waals surface area contributed by atoms with Crippen LogP contribution in [0.5, 0.6) is 11.5 Å². The number of carboxylic acid groups (broad SMARTS) is 1. The molecule has 1 unspecified atom stereocenters. The second-order valence-corrected chi connectivity index (χ2v) is 9.93. The van der Waals surface area contributed by atoms with E-state index in [0.29, 0.717) is 12.8 Å². The Kier molecular flexibility index (Phi) is 10.5. The summed E-state index contributed by atoms with van der Waals surface area (Å²) in [7, 11) is -2.76. The van der Waals surface area contributed by atoms with Crippen molar-refractivity contribution in [2.45, 2.75) is 63.3 Å². The molecule has 14 nitrogen and oxygen atoms in total. The number of H-pyrrole nitrogens is 1. The molecule has 0 spiro atoms. The van der Waals surface area contributed by atoms with E-state index in [2.05, 4.69) is 4.74 Å². The number of aromatic amines is 1. The third-order valence-electron chi connectivity index (χ3n) is 5.89. The number of rotatable bonds is 13. The van der Waals surface area contributed by atoms with E-state index < -0.39 is 68.1 Å². The fraction of sp³-hybridized carbons (Fsp3) is 0.500. The van der Waals surface area contributed by atoms with Gasteiger partial charge in [0.2, 0.25) is 5.75 Å². The van der Waals surface area contributed by atoms with E-state index in [1.54, 1.807) is 12.1 Å². The SMILES string of the molecule is C[C@H](N=[P+]([O-])Oc1ccccc1OC[C@H]1O[C@@H](n2ccc(=O)[nH]c2=O)[C@](C)(F)[C@@H]1O)C(=O)OCCCCC(=O)O. The van der Waals surface area contributed by atoms with Gasteiger partial charge in [-0.3, -0.25) is 23.7 Å². The Labute approximate surface area is 227 Å². The number of halogens is 1. The summed E-state index contributed by atoms with van der Waals surface area (Å²) in [4.78, 5) is 60.4. The van der Waals surface area contributed by atoms with Crippen molar-refractivity contribution in [2.24, 2.45) is 4.74 Å². The van der Waals surface area contributed by atoms with E-state index in [4.69, 9.17) is 23.8 Å². The Morgan fingerprint density at radius 3 is 2.65 bits per heavy atom. The van der Waals surface area contributed by atoms with Crippen LogP contribution in [0.2, 0.25) is 0 Å². The molecule has 2 aromatic rings. The predicted octanol–water partition coefficient (Wildman–Crippen LogP) is 1.02. The van der Waals surface area contributed by atoms with Crippen molar-refractivity contribution >= 4 is 20.1 Å². The summed E-state index contributed by atoms with van der Waals surface area (Å²) < 4.78 is 41.5. The maximum atomic E-state index is 15.4. The summed E-state index contributed by atoms with van der Waals surface area (Å²) in [6.45, 7) is 2.00. The third kappa shape index (κ3) is 7.94. The number of aliphatic hydroxyl groups excluding tert-OH is 1. The lowest BCUT2D eigenvalue weighted by Crippen LogP contribution is -2.43. The summed E-state index contributed by atoms with van der Waals surface area (Å²) in [5.74, 6) is -1.68. The zero-order valence-corrected chi connectivity index (χ0v) is 22.5. The van der Waals surface area contributed by atoms with Crippen LogP contribution < -0.4 is 25.4 Å². The van der Waals surface area contributed by atoms with Crippen molar-refractivity contribution in [3.8, 4) is 11.5 Å². The van der Waals surface area contributed by atoms with Crippen molar-refractivity contribution in [3.05, 3.63) is 57.4 Å². The van der Waals surface area contributed by atoms with Crippen LogP contribution in [0.1, 0.15) is 39.3 Å². The standard InChI is InChI=1S/C24H29FN3O11P/c1-14(21(33)36-12-6-5-9-19(30)31)27-40(35)39-16-8-4-3-7-15(16)37-13-17-20(32)24(2,25)22(38-17)28-11-10-18(29)26-23(28)34/h3-4,7-8,10-11,14,17,20,22,32H,5-6,9,12-13H2,1-2H3,(H,30,31)(H,26,29,34)/t14-,17+,20+,22+,24+/m0/s1. The lowest BCUT2D eigenvalue weighted by molar-refractivity contribution is -0.169. The molecule has 0 aliphatic carbocycles. The minimum absolute atomic E-state index is 0.00893. The average Bonchev–Trinajstić information content (AvgIpc) is 3.11. The van der Waals surface area contributed by atoms with Crippen LogP contribution in [0.25, 0.3) is 0 Å².